The van der Waals surface area contributed by atoms with Gasteiger partial charge in [-0.3, -0.25) is 9.59 Å². The summed E-state index contributed by atoms with van der Waals surface area (Å²) in [7, 11) is 0.662. The van der Waals surface area contributed by atoms with Gasteiger partial charge in [-0.2, -0.15) is 22.0 Å². The number of hydrogen-bond donors (Lipinski definition) is 0. The fourth-order valence-electron chi connectivity index (χ4n) is 0.888. The Hall–Kier alpha value is -1.41. The highest BCUT2D eigenvalue weighted by Crippen LogP contribution is 2.36. The number of alkyl halides is 5. The second-order valence-electron chi connectivity index (χ2n) is 3.45. The van der Waals surface area contributed by atoms with E-state index in [2.05, 4.69) is 4.74 Å². The summed E-state index contributed by atoms with van der Waals surface area (Å²) in [4.78, 5) is 21.8. The van der Waals surface area contributed by atoms with Crippen molar-refractivity contribution < 1.29 is 36.3 Å². The van der Waals surface area contributed by atoms with Crippen LogP contribution in [-0.2, 0) is 14.3 Å². The summed E-state index contributed by atoms with van der Waals surface area (Å²) in [5, 5.41) is 0. The molecule has 106 valence electrons. The quantitative estimate of drug-likeness (QED) is 0.566. The van der Waals surface area contributed by atoms with E-state index in [1.54, 1.807) is 6.92 Å². The number of halogens is 5. The lowest BCUT2D eigenvalue weighted by atomic mass is 10.3. The van der Waals surface area contributed by atoms with Gasteiger partial charge >= 0.3 is 24.0 Å². The Morgan fingerprint density at radius 3 is 2.06 bits per heavy atom. The maximum atomic E-state index is 12.6. The van der Waals surface area contributed by atoms with Crippen LogP contribution < -0.4 is 0 Å². The van der Waals surface area contributed by atoms with Crippen molar-refractivity contribution in [3.05, 3.63) is 0 Å². The summed E-state index contributed by atoms with van der Waals surface area (Å²) in [6, 6.07) is 0. The number of hydrogen-bond acceptors (Lipinski definition) is 3. The van der Waals surface area contributed by atoms with Crippen LogP contribution in [0.3, 0.4) is 0 Å². The minimum absolute atomic E-state index is 0.00344. The van der Waals surface area contributed by atoms with Crippen molar-refractivity contribution in [3.63, 3.8) is 0 Å². The Morgan fingerprint density at radius 2 is 1.67 bits per heavy atom. The van der Waals surface area contributed by atoms with Crippen molar-refractivity contribution in [2.24, 2.45) is 0 Å². The monoisotopic (exact) mass is 277 g/mol. The Morgan fingerprint density at radius 1 is 1.17 bits per heavy atom. The van der Waals surface area contributed by atoms with Crippen LogP contribution in [0.1, 0.15) is 13.3 Å². The molecule has 0 unspecified atom stereocenters. The van der Waals surface area contributed by atoms with Gasteiger partial charge in [-0.1, -0.05) is 6.92 Å². The summed E-state index contributed by atoms with van der Waals surface area (Å²) < 4.78 is 65.3. The van der Waals surface area contributed by atoms with Crippen LogP contribution in [0, 0.1) is 0 Å². The van der Waals surface area contributed by atoms with Crippen LogP contribution in [-0.4, -0.2) is 49.1 Å². The summed E-state index contributed by atoms with van der Waals surface area (Å²) in [6.07, 6.45) is -5.53. The predicted molar refractivity (Wildman–Crippen MR) is 49.9 cm³/mol. The molecular formula is C9H12F5NO3. The second-order valence-corrected chi connectivity index (χ2v) is 3.45. The lowest BCUT2D eigenvalue weighted by Crippen LogP contribution is -2.52. The van der Waals surface area contributed by atoms with Crippen molar-refractivity contribution in [3.8, 4) is 0 Å². The summed E-state index contributed by atoms with van der Waals surface area (Å²) in [6.45, 7) is 0.695. The average Bonchev–Trinajstić information content (AvgIpc) is 2.23. The third kappa shape index (κ3) is 4.11. The molecule has 0 heterocycles. The molecule has 0 N–H and O–H groups in total. The zero-order valence-electron chi connectivity index (χ0n) is 9.68. The maximum Gasteiger partial charge on any atom is 0.463 e. The third-order valence-electron chi connectivity index (χ3n) is 1.80. The molecule has 0 aliphatic heterocycles. The number of ether oxygens (including phenoxy) is 1. The fourth-order valence-corrected chi connectivity index (χ4v) is 0.888. The highest BCUT2D eigenvalue weighted by molar-refractivity contribution is 5.87. The van der Waals surface area contributed by atoms with Gasteiger partial charge in [0.2, 0.25) is 0 Å². The third-order valence-corrected chi connectivity index (χ3v) is 1.80. The van der Waals surface area contributed by atoms with Crippen molar-refractivity contribution in [1.29, 1.82) is 0 Å². The van der Waals surface area contributed by atoms with E-state index < -0.39 is 30.5 Å². The molecule has 0 fully saturated rings. The molecule has 0 aromatic heterocycles. The van der Waals surface area contributed by atoms with Gasteiger partial charge in [0, 0.05) is 7.05 Å². The van der Waals surface area contributed by atoms with Gasteiger partial charge in [-0.25, -0.2) is 0 Å². The van der Waals surface area contributed by atoms with E-state index in [1.807, 2.05) is 0 Å². The van der Waals surface area contributed by atoms with Crippen LogP contribution in [0.25, 0.3) is 0 Å². The van der Waals surface area contributed by atoms with E-state index in [9.17, 15) is 31.5 Å². The molecule has 0 aromatic rings. The zero-order valence-corrected chi connectivity index (χ0v) is 9.68. The number of esters is 1. The van der Waals surface area contributed by atoms with Crippen LogP contribution in [0.2, 0.25) is 0 Å². The zero-order chi connectivity index (χ0) is 14.6. The van der Waals surface area contributed by atoms with Crippen molar-refractivity contribution in [1.82, 2.24) is 4.90 Å². The first-order valence-corrected chi connectivity index (χ1v) is 4.89. The number of rotatable bonds is 5. The highest BCUT2D eigenvalue weighted by atomic mass is 19.4. The molecule has 9 heteroatoms. The van der Waals surface area contributed by atoms with E-state index in [4.69, 9.17) is 0 Å². The molecule has 0 aromatic carbocycles. The van der Waals surface area contributed by atoms with Gasteiger partial charge in [-0.05, 0) is 6.42 Å². The lowest BCUT2D eigenvalue weighted by molar-refractivity contribution is -0.274. The number of amides is 1. The van der Waals surface area contributed by atoms with E-state index in [-0.39, 0.29) is 11.5 Å². The van der Waals surface area contributed by atoms with Gasteiger partial charge in [-0.15, -0.1) is 0 Å². The largest absolute Gasteiger partial charge is 0.464 e. The molecule has 0 aliphatic carbocycles. The smallest absolute Gasteiger partial charge is 0.463 e. The Kier molecular flexibility index (Phi) is 5.50. The average molecular weight is 277 g/mol. The van der Waals surface area contributed by atoms with Gasteiger partial charge in [0.1, 0.15) is 6.54 Å². The van der Waals surface area contributed by atoms with Crippen molar-refractivity contribution in [2.45, 2.75) is 25.4 Å². The molecule has 18 heavy (non-hydrogen) atoms. The number of carbonyl (C=O) groups excluding carboxylic acids is 2. The number of likely N-dealkylation sites (N-methyl/N-ethyl adjacent to an activating group) is 1. The maximum absolute atomic E-state index is 12.6. The standard InChI is InChI=1S/C9H12F5NO3/c1-3-4-18-6(16)5-15(2)7(17)8(10,11)9(12,13)14/h3-5H2,1-2H3. The predicted octanol–water partition coefficient (Wildman–Crippen LogP) is 1.60. The lowest BCUT2D eigenvalue weighted by Gasteiger charge is -2.24. The molecule has 1 amide bonds. The first-order chi connectivity index (χ1) is 8.04. The van der Waals surface area contributed by atoms with E-state index in [0.29, 0.717) is 13.5 Å². The van der Waals surface area contributed by atoms with E-state index in [0.717, 1.165) is 0 Å². The van der Waals surface area contributed by atoms with Gasteiger partial charge in [0.25, 0.3) is 0 Å². The molecule has 0 radical (unpaired) electrons. The van der Waals surface area contributed by atoms with Crippen molar-refractivity contribution >= 4 is 11.9 Å². The van der Waals surface area contributed by atoms with Crippen LogP contribution in [0.15, 0.2) is 0 Å². The summed E-state index contributed by atoms with van der Waals surface area (Å²) in [5.74, 6) is -9.07. The van der Waals surface area contributed by atoms with Gasteiger partial charge in [0.15, 0.2) is 0 Å². The molecule has 0 atom stereocenters. The number of nitrogens with zero attached hydrogens (tertiary/aromatic N) is 1. The molecule has 0 saturated carbocycles. The van der Waals surface area contributed by atoms with Gasteiger partial charge in [0.05, 0.1) is 6.61 Å². The van der Waals surface area contributed by atoms with Crippen molar-refractivity contribution in [2.75, 3.05) is 20.2 Å². The van der Waals surface area contributed by atoms with E-state index >= 15 is 0 Å². The molecular weight excluding hydrogens is 265 g/mol. The van der Waals surface area contributed by atoms with E-state index in [1.165, 1.54) is 0 Å². The molecule has 0 spiro atoms. The fraction of sp³-hybridized carbons (Fsp3) is 0.778. The normalized spacial score (nSPS) is 12.2. The highest BCUT2D eigenvalue weighted by Gasteiger charge is 2.64. The first kappa shape index (κ1) is 16.6. The Bertz CT molecular complexity index is 316. The molecule has 0 saturated heterocycles. The first-order valence-electron chi connectivity index (χ1n) is 4.89. The second kappa shape index (κ2) is 5.96. The van der Waals surface area contributed by atoms with Gasteiger partial charge < -0.3 is 9.64 Å². The van der Waals surface area contributed by atoms with Crippen LogP contribution >= 0.6 is 0 Å². The summed E-state index contributed by atoms with van der Waals surface area (Å²) >= 11 is 0. The summed E-state index contributed by atoms with van der Waals surface area (Å²) in [5.41, 5.74) is 0. The Balaban J connectivity index is 4.57. The molecule has 4 nitrogen and oxygen atoms in total. The minimum Gasteiger partial charge on any atom is -0.464 e. The Labute approximate surface area is 99.7 Å². The topological polar surface area (TPSA) is 46.6 Å². The SMILES string of the molecule is CCCOC(=O)CN(C)C(=O)C(F)(F)C(F)(F)F. The molecule has 0 bridgehead atoms. The molecule has 0 aliphatic rings. The van der Waals surface area contributed by atoms with Crippen LogP contribution in [0.5, 0.6) is 0 Å². The minimum atomic E-state index is -5.99. The van der Waals surface area contributed by atoms with Crippen LogP contribution in [0.4, 0.5) is 22.0 Å². The molecule has 0 rings (SSSR count). The number of carbonyl (C=O) groups is 2.